The van der Waals surface area contributed by atoms with Crippen molar-refractivity contribution in [2.45, 2.75) is 18.9 Å². The molecule has 220 valence electrons. The molecule has 8 nitrogen and oxygen atoms in total. The third-order valence-corrected chi connectivity index (χ3v) is 9.05. The fourth-order valence-electron chi connectivity index (χ4n) is 5.98. The van der Waals surface area contributed by atoms with Crippen LogP contribution in [0.3, 0.4) is 0 Å². The highest BCUT2D eigenvalue weighted by Gasteiger charge is 2.33. The van der Waals surface area contributed by atoms with Gasteiger partial charge in [-0.15, -0.1) is 0 Å². The molecule has 2 aromatic heterocycles. The summed E-state index contributed by atoms with van der Waals surface area (Å²) in [4.78, 5) is 31.9. The summed E-state index contributed by atoms with van der Waals surface area (Å²) in [5, 5.41) is 0. The molecule has 0 spiro atoms. The van der Waals surface area contributed by atoms with E-state index in [1.54, 1.807) is 43.1 Å². The highest BCUT2D eigenvalue weighted by atomic mass is 32.1. The van der Waals surface area contributed by atoms with Crippen LogP contribution >= 0.6 is 11.3 Å². The summed E-state index contributed by atoms with van der Waals surface area (Å²) in [5.41, 5.74) is 6.30. The number of methoxy groups -OCH3 is 3. The number of esters is 1. The van der Waals surface area contributed by atoms with E-state index in [0.29, 0.717) is 37.9 Å². The maximum atomic E-state index is 14.1. The number of hydrogen-bond donors (Lipinski definition) is 0. The van der Waals surface area contributed by atoms with E-state index in [4.69, 9.17) is 23.6 Å². The quantitative estimate of drug-likeness (QED) is 0.242. The van der Waals surface area contributed by atoms with Gasteiger partial charge in [0.05, 0.1) is 43.2 Å². The smallest absolute Gasteiger partial charge is 0.337 e. The molecular weight excluding hydrogens is 576 g/mol. The number of thiazole rings is 1. The van der Waals surface area contributed by atoms with Crippen LogP contribution in [0.5, 0.6) is 11.5 Å². The first kappa shape index (κ1) is 27.7. The summed E-state index contributed by atoms with van der Waals surface area (Å²) in [5.74, 6) is 1.89. The van der Waals surface area contributed by atoms with Crippen molar-refractivity contribution >= 4 is 29.1 Å². The van der Waals surface area contributed by atoms with Gasteiger partial charge < -0.3 is 18.6 Å². The second-order valence-electron chi connectivity index (χ2n) is 10.5. The van der Waals surface area contributed by atoms with E-state index < -0.39 is 5.97 Å². The predicted octanol–water partition coefficient (Wildman–Crippen LogP) is 5.38. The van der Waals surface area contributed by atoms with E-state index in [-0.39, 0.29) is 11.6 Å². The van der Waals surface area contributed by atoms with E-state index in [2.05, 4.69) is 18.2 Å². The van der Waals surface area contributed by atoms with Gasteiger partial charge in [0.15, 0.2) is 16.3 Å². The Kier molecular flexibility index (Phi) is 7.02. The van der Waals surface area contributed by atoms with Crippen molar-refractivity contribution in [3.05, 3.63) is 132 Å². The Morgan fingerprint density at radius 2 is 1.80 bits per heavy atom. The molecule has 1 atom stereocenters. The highest BCUT2D eigenvalue weighted by molar-refractivity contribution is 7.07. The first-order chi connectivity index (χ1) is 21.5. The molecule has 0 N–H and O–H groups in total. The SMILES string of the molecule is COC(=O)c1cccc(-c2ccc(/C=c3\sc4n(c3=O)[C@@H](c3ccc(OC)c(OC)c3)C3=C(N=4)c4ccccc4CC3)o2)c1. The van der Waals surface area contributed by atoms with Gasteiger partial charge in [-0.1, -0.05) is 53.8 Å². The minimum Gasteiger partial charge on any atom is -0.493 e. The van der Waals surface area contributed by atoms with Gasteiger partial charge in [0.1, 0.15) is 11.5 Å². The standard InChI is InChI=1S/C35H28N2O6S/c1-40-28-15-12-22(18-29(28)41-2)32-26-14-11-20-7-4-5-10-25(20)31(26)36-35-37(32)33(38)30(44-35)19-24-13-16-27(43-24)21-8-6-9-23(17-21)34(39)42-3/h4-10,12-13,15-19,32H,11,14H2,1-3H3/b30-19-/t32-/m0/s1. The first-order valence-corrected chi connectivity index (χ1v) is 14.9. The predicted molar refractivity (Wildman–Crippen MR) is 168 cm³/mol. The van der Waals surface area contributed by atoms with E-state index in [9.17, 15) is 9.59 Å². The number of benzene rings is 3. The molecule has 9 heteroatoms. The average Bonchev–Trinajstić information content (AvgIpc) is 3.67. The van der Waals surface area contributed by atoms with Crippen molar-refractivity contribution in [3.8, 4) is 22.8 Å². The summed E-state index contributed by atoms with van der Waals surface area (Å²) in [6.45, 7) is 0. The number of furan rings is 1. The lowest BCUT2D eigenvalue weighted by atomic mass is 9.83. The third kappa shape index (κ3) is 4.66. The topological polar surface area (TPSA) is 92.3 Å². The molecule has 3 aromatic carbocycles. The molecule has 0 saturated heterocycles. The van der Waals surface area contributed by atoms with Crippen molar-refractivity contribution in [3.63, 3.8) is 0 Å². The Labute approximate surface area is 256 Å². The molecule has 0 radical (unpaired) electrons. The average molecular weight is 605 g/mol. The maximum Gasteiger partial charge on any atom is 0.337 e. The molecular formula is C35H28N2O6S. The summed E-state index contributed by atoms with van der Waals surface area (Å²) < 4.78 is 24.4. The van der Waals surface area contributed by atoms with Crippen molar-refractivity contribution in [2.24, 2.45) is 4.99 Å². The second kappa shape index (κ2) is 11.2. The minimum atomic E-state index is -0.422. The zero-order valence-corrected chi connectivity index (χ0v) is 25.1. The van der Waals surface area contributed by atoms with Crippen molar-refractivity contribution < 1.29 is 23.4 Å². The van der Waals surface area contributed by atoms with Gasteiger partial charge in [0.2, 0.25) is 0 Å². The maximum absolute atomic E-state index is 14.1. The van der Waals surface area contributed by atoms with Crippen molar-refractivity contribution in [1.29, 1.82) is 0 Å². The molecule has 1 aliphatic carbocycles. The Morgan fingerprint density at radius 3 is 2.61 bits per heavy atom. The lowest BCUT2D eigenvalue weighted by Gasteiger charge is -2.31. The van der Waals surface area contributed by atoms with Gasteiger partial charge in [0.25, 0.3) is 5.56 Å². The molecule has 0 fully saturated rings. The Balaban J connectivity index is 1.37. The number of rotatable bonds is 6. The number of nitrogens with zero attached hydrogens (tertiary/aromatic N) is 2. The number of aromatic nitrogens is 1. The van der Waals surface area contributed by atoms with Gasteiger partial charge >= 0.3 is 5.97 Å². The van der Waals surface area contributed by atoms with Crippen LogP contribution in [0.15, 0.2) is 98.6 Å². The van der Waals surface area contributed by atoms with E-state index in [1.165, 1.54) is 24.0 Å². The molecule has 5 aromatic rings. The number of hydrogen-bond acceptors (Lipinski definition) is 8. The fourth-order valence-corrected chi connectivity index (χ4v) is 6.96. The Bertz CT molecular complexity index is 2150. The van der Waals surface area contributed by atoms with Gasteiger partial charge in [0, 0.05) is 17.2 Å². The Morgan fingerprint density at radius 1 is 0.955 bits per heavy atom. The molecule has 0 bridgehead atoms. The molecule has 3 heterocycles. The molecule has 2 aliphatic rings. The number of carbonyl (C=O) groups excluding carboxylic acids is 1. The normalized spacial score (nSPS) is 15.6. The van der Waals surface area contributed by atoms with Crippen molar-refractivity contribution in [2.75, 3.05) is 21.3 Å². The van der Waals surface area contributed by atoms with Gasteiger partial charge in [-0.3, -0.25) is 9.36 Å². The number of allylic oxidation sites excluding steroid dienone is 1. The lowest BCUT2D eigenvalue weighted by Crippen LogP contribution is -2.38. The molecule has 1 aliphatic heterocycles. The van der Waals surface area contributed by atoms with Crippen LogP contribution in [0.2, 0.25) is 0 Å². The summed E-state index contributed by atoms with van der Waals surface area (Å²) >= 11 is 1.33. The highest BCUT2D eigenvalue weighted by Crippen LogP contribution is 2.42. The fraction of sp³-hybridized carbons (Fsp3) is 0.171. The Hall–Kier alpha value is -5.15. The number of fused-ring (bicyclic) bond motifs is 3. The van der Waals surface area contributed by atoms with Crippen LogP contribution in [0.1, 0.15) is 45.3 Å². The van der Waals surface area contributed by atoms with E-state index >= 15 is 0 Å². The van der Waals surface area contributed by atoms with Gasteiger partial charge in [-0.05, 0) is 65.9 Å². The molecule has 0 unspecified atom stereocenters. The molecule has 7 rings (SSSR count). The third-order valence-electron chi connectivity index (χ3n) is 8.06. The summed E-state index contributed by atoms with van der Waals surface area (Å²) in [7, 11) is 4.56. The zero-order chi connectivity index (χ0) is 30.4. The second-order valence-corrected chi connectivity index (χ2v) is 11.5. The number of ether oxygens (including phenoxy) is 3. The number of carbonyl (C=O) groups is 1. The molecule has 0 amide bonds. The van der Waals surface area contributed by atoms with Crippen LogP contribution in [0.25, 0.3) is 23.1 Å². The minimum absolute atomic E-state index is 0.149. The largest absolute Gasteiger partial charge is 0.493 e. The zero-order valence-electron chi connectivity index (χ0n) is 24.3. The summed E-state index contributed by atoms with van der Waals surface area (Å²) in [6.07, 6.45) is 3.40. The monoisotopic (exact) mass is 604 g/mol. The number of aryl methyl sites for hydroxylation is 1. The van der Waals surface area contributed by atoms with Gasteiger partial charge in [-0.25, -0.2) is 9.79 Å². The van der Waals surface area contributed by atoms with Crippen LogP contribution in [0.4, 0.5) is 0 Å². The molecule has 44 heavy (non-hydrogen) atoms. The van der Waals surface area contributed by atoms with Gasteiger partial charge in [-0.2, -0.15) is 0 Å². The van der Waals surface area contributed by atoms with Crippen molar-refractivity contribution in [1.82, 2.24) is 4.57 Å². The van der Waals surface area contributed by atoms with Crippen LogP contribution in [-0.4, -0.2) is 31.9 Å². The van der Waals surface area contributed by atoms with Crippen LogP contribution in [0, 0.1) is 0 Å². The van der Waals surface area contributed by atoms with E-state index in [0.717, 1.165) is 40.8 Å². The van der Waals surface area contributed by atoms with Crippen LogP contribution < -0.4 is 24.4 Å². The molecule has 0 saturated carbocycles. The first-order valence-electron chi connectivity index (χ1n) is 14.1. The van der Waals surface area contributed by atoms with E-state index in [1.807, 2.05) is 42.5 Å². The van der Waals surface area contributed by atoms with Crippen LogP contribution in [-0.2, 0) is 11.2 Å². The lowest BCUT2D eigenvalue weighted by molar-refractivity contribution is 0.0600. The summed E-state index contributed by atoms with van der Waals surface area (Å²) in [6, 6.07) is 24.4.